The van der Waals surface area contributed by atoms with E-state index in [4.69, 9.17) is 4.42 Å². The number of carbonyl (C=O) groups excluding carboxylic acids is 2. The average Bonchev–Trinajstić information content (AvgIpc) is 3.28. The summed E-state index contributed by atoms with van der Waals surface area (Å²) < 4.78 is 33.1. The Morgan fingerprint density at radius 3 is 2.65 bits per heavy atom. The number of amides is 2. The van der Waals surface area contributed by atoms with Crippen LogP contribution in [-0.4, -0.2) is 43.2 Å². The summed E-state index contributed by atoms with van der Waals surface area (Å²) in [6.45, 7) is 4.88. The molecule has 9 heteroatoms. The monoisotopic (exact) mass is 523 g/mol. The normalized spacial score (nSPS) is 15.9. The number of benzene rings is 1. The van der Waals surface area contributed by atoms with Crippen LogP contribution in [0.3, 0.4) is 0 Å². The van der Waals surface area contributed by atoms with Crippen LogP contribution in [0.1, 0.15) is 58.5 Å². The Balaban J connectivity index is 1.35. The lowest BCUT2D eigenvalue weighted by Crippen LogP contribution is -2.40. The number of aryl methyl sites for hydroxylation is 3. The number of nitrogens with one attached hydrogen (secondary N) is 1. The number of likely N-dealkylation sites (tertiary alicyclic amines) is 1. The third-order valence-corrected chi connectivity index (χ3v) is 7.87. The summed E-state index contributed by atoms with van der Waals surface area (Å²) in [5.74, 6) is -0.624. The van der Waals surface area contributed by atoms with Crippen LogP contribution in [0.25, 0.3) is 0 Å². The van der Waals surface area contributed by atoms with Gasteiger partial charge in [-0.05, 0) is 69.1 Å². The first-order chi connectivity index (χ1) is 17.7. The number of hydrogen-bond donors (Lipinski definition) is 1. The van der Waals surface area contributed by atoms with Gasteiger partial charge in [0.05, 0.1) is 0 Å². The molecule has 0 aliphatic carbocycles. The van der Waals surface area contributed by atoms with Gasteiger partial charge in [-0.25, -0.2) is 4.72 Å². The van der Waals surface area contributed by atoms with Gasteiger partial charge in [-0.2, -0.15) is 8.42 Å². The molecule has 196 valence electrons. The Morgan fingerprint density at radius 1 is 1.14 bits per heavy atom. The number of nitrogens with zero attached hydrogens (tertiary/aromatic N) is 2. The molecule has 0 saturated carbocycles. The van der Waals surface area contributed by atoms with E-state index in [2.05, 4.69) is 40.9 Å². The van der Waals surface area contributed by atoms with Crippen molar-refractivity contribution in [3.8, 4) is 0 Å². The standard InChI is InChI=1S/C28H33N3O5S/c1-20-10-12-22(13-11-20)17-24-8-5-15-31(19-24)28(33)27-21(2)16-26(36-27)37(34,35)30-25(32)9-3-6-23-7-4-14-29-18-23/h4,7,10-14,16,18,24H,3,5-6,8-9,15,17,19H2,1-2H3,(H,30,32). The van der Waals surface area contributed by atoms with E-state index in [0.29, 0.717) is 37.4 Å². The summed E-state index contributed by atoms with van der Waals surface area (Å²) in [6, 6.07) is 13.4. The molecule has 3 heterocycles. The van der Waals surface area contributed by atoms with Crippen LogP contribution in [0.5, 0.6) is 0 Å². The van der Waals surface area contributed by atoms with E-state index >= 15 is 0 Å². The largest absolute Gasteiger partial charge is 0.437 e. The van der Waals surface area contributed by atoms with Crippen LogP contribution in [0.15, 0.2) is 64.4 Å². The van der Waals surface area contributed by atoms with Crippen molar-refractivity contribution in [3.05, 3.63) is 82.9 Å². The fraction of sp³-hybridized carbons (Fsp3) is 0.393. The number of aromatic nitrogens is 1. The van der Waals surface area contributed by atoms with Gasteiger partial charge in [-0.15, -0.1) is 0 Å². The van der Waals surface area contributed by atoms with Crippen LogP contribution in [0, 0.1) is 19.8 Å². The SMILES string of the molecule is Cc1ccc(CC2CCCN(C(=O)c3oc(S(=O)(=O)NC(=O)CCCc4cccnc4)cc3C)C2)cc1. The van der Waals surface area contributed by atoms with Gasteiger partial charge in [-0.3, -0.25) is 14.6 Å². The minimum atomic E-state index is -4.22. The van der Waals surface area contributed by atoms with Gasteiger partial charge in [0, 0.05) is 43.5 Å². The fourth-order valence-corrected chi connectivity index (χ4v) is 5.69. The molecule has 0 bridgehead atoms. The number of rotatable bonds is 9. The van der Waals surface area contributed by atoms with Gasteiger partial charge in [0.25, 0.3) is 15.9 Å². The molecule has 2 aromatic heterocycles. The summed E-state index contributed by atoms with van der Waals surface area (Å²) in [6.07, 6.45) is 7.30. The Kier molecular flexibility index (Phi) is 8.43. The van der Waals surface area contributed by atoms with E-state index in [1.54, 1.807) is 24.2 Å². The highest BCUT2D eigenvalue weighted by Gasteiger charge is 2.30. The van der Waals surface area contributed by atoms with Crippen LogP contribution in [-0.2, 0) is 27.7 Å². The number of carbonyl (C=O) groups is 2. The summed E-state index contributed by atoms with van der Waals surface area (Å²) in [5.41, 5.74) is 3.85. The van der Waals surface area contributed by atoms with E-state index < -0.39 is 21.0 Å². The zero-order valence-electron chi connectivity index (χ0n) is 21.3. The number of hydrogen-bond acceptors (Lipinski definition) is 6. The molecule has 0 spiro atoms. The first kappa shape index (κ1) is 26.6. The maximum atomic E-state index is 13.2. The molecule has 1 N–H and O–H groups in total. The van der Waals surface area contributed by atoms with Crippen molar-refractivity contribution in [3.63, 3.8) is 0 Å². The molecule has 1 atom stereocenters. The zero-order valence-corrected chi connectivity index (χ0v) is 22.1. The van der Waals surface area contributed by atoms with Crippen molar-refractivity contribution in [2.24, 2.45) is 5.92 Å². The molecule has 3 aromatic rings. The number of pyridine rings is 1. The lowest BCUT2D eigenvalue weighted by molar-refractivity contribution is -0.119. The van der Waals surface area contributed by atoms with E-state index in [9.17, 15) is 18.0 Å². The molecule has 0 radical (unpaired) electrons. The van der Waals surface area contributed by atoms with Gasteiger partial charge in [0.2, 0.25) is 11.0 Å². The third kappa shape index (κ3) is 7.07. The van der Waals surface area contributed by atoms with Gasteiger partial charge >= 0.3 is 0 Å². The Morgan fingerprint density at radius 2 is 1.92 bits per heavy atom. The van der Waals surface area contributed by atoms with Gasteiger partial charge < -0.3 is 9.32 Å². The van der Waals surface area contributed by atoms with Crippen molar-refractivity contribution in [2.75, 3.05) is 13.1 Å². The van der Waals surface area contributed by atoms with Gasteiger partial charge in [0.15, 0.2) is 5.76 Å². The molecular weight excluding hydrogens is 490 g/mol. The topological polar surface area (TPSA) is 110 Å². The molecule has 1 saturated heterocycles. The molecular formula is C28H33N3O5S. The first-order valence-corrected chi connectivity index (χ1v) is 14.1. The highest BCUT2D eigenvalue weighted by molar-refractivity contribution is 7.89. The predicted octanol–water partition coefficient (Wildman–Crippen LogP) is 4.21. The highest BCUT2D eigenvalue weighted by atomic mass is 32.2. The summed E-state index contributed by atoms with van der Waals surface area (Å²) in [7, 11) is -4.22. The fourth-order valence-electron chi connectivity index (χ4n) is 4.67. The summed E-state index contributed by atoms with van der Waals surface area (Å²) in [5, 5.41) is -0.429. The summed E-state index contributed by atoms with van der Waals surface area (Å²) in [4.78, 5) is 31.3. The minimum Gasteiger partial charge on any atom is -0.437 e. The van der Waals surface area contributed by atoms with Crippen LogP contribution >= 0.6 is 0 Å². The molecule has 8 nitrogen and oxygen atoms in total. The van der Waals surface area contributed by atoms with Crippen molar-refractivity contribution in [1.82, 2.24) is 14.6 Å². The number of furan rings is 1. The van der Waals surface area contributed by atoms with Crippen molar-refractivity contribution >= 4 is 21.8 Å². The second kappa shape index (κ2) is 11.7. The first-order valence-electron chi connectivity index (χ1n) is 12.6. The Hall–Kier alpha value is -3.46. The second-order valence-electron chi connectivity index (χ2n) is 9.77. The minimum absolute atomic E-state index is 0.000359. The van der Waals surface area contributed by atoms with Crippen LogP contribution < -0.4 is 4.72 Å². The van der Waals surface area contributed by atoms with Gasteiger partial charge in [-0.1, -0.05) is 35.9 Å². The highest BCUT2D eigenvalue weighted by Crippen LogP contribution is 2.26. The average molecular weight is 524 g/mol. The number of sulfonamides is 1. The molecule has 4 rings (SSSR count). The molecule has 1 aliphatic rings. The quantitative estimate of drug-likeness (QED) is 0.450. The van der Waals surface area contributed by atoms with Crippen LogP contribution in [0.4, 0.5) is 0 Å². The molecule has 2 amide bonds. The lowest BCUT2D eigenvalue weighted by atomic mass is 9.91. The van der Waals surface area contributed by atoms with E-state index in [1.807, 2.05) is 12.1 Å². The molecule has 1 fully saturated rings. The third-order valence-electron chi connectivity index (χ3n) is 6.65. The number of piperidine rings is 1. The molecule has 1 aromatic carbocycles. The van der Waals surface area contributed by atoms with Gasteiger partial charge in [0.1, 0.15) is 0 Å². The van der Waals surface area contributed by atoms with E-state index in [0.717, 1.165) is 24.8 Å². The van der Waals surface area contributed by atoms with Crippen molar-refractivity contribution < 1.29 is 22.4 Å². The van der Waals surface area contributed by atoms with Crippen LogP contribution in [0.2, 0.25) is 0 Å². The molecule has 1 unspecified atom stereocenters. The maximum Gasteiger partial charge on any atom is 0.297 e. The Bertz CT molecular complexity index is 1330. The molecule has 1 aliphatic heterocycles. The van der Waals surface area contributed by atoms with E-state index in [1.165, 1.54) is 17.2 Å². The summed E-state index contributed by atoms with van der Waals surface area (Å²) >= 11 is 0. The Labute approximate surface area is 218 Å². The van der Waals surface area contributed by atoms with Crippen molar-refractivity contribution in [1.29, 1.82) is 0 Å². The lowest BCUT2D eigenvalue weighted by Gasteiger charge is -2.32. The maximum absolute atomic E-state index is 13.2. The molecule has 37 heavy (non-hydrogen) atoms. The smallest absolute Gasteiger partial charge is 0.297 e. The van der Waals surface area contributed by atoms with Crippen molar-refractivity contribution in [2.45, 2.75) is 57.5 Å². The second-order valence-corrected chi connectivity index (χ2v) is 11.4. The van der Waals surface area contributed by atoms with E-state index in [-0.39, 0.29) is 18.1 Å². The zero-order chi connectivity index (χ0) is 26.4. The predicted molar refractivity (Wildman–Crippen MR) is 139 cm³/mol.